The molecule has 0 aliphatic rings. The Labute approximate surface area is 287 Å². The van der Waals surface area contributed by atoms with E-state index < -0.39 is 0 Å². The highest BCUT2D eigenvalue weighted by molar-refractivity contribution is 5.75. The van der Waals surface area contributed by atoms with E-state index in [0.29, 0.717) is 19.8 Å². The molecule has 0 amide bonds. The number of rotatable bonds is 14. The summed E-state index contributed by atoms with van der Waals surface area (Å²) in [7, 11) is 0. The van der Waals surface area contributed by atoms with Crippen LogP contribution in [0.15, 0.2) is 103 Å². The van der Waals surface area contributed by atoms with E-state index in [0.717, 1.165) is 22.3 Å². The summed E-state index contributed by atoms with van der Waals surface area (Å²) in [6.45, 7) is 15.5. The Hall–Kier alpha value is -4.27. The molecule has 8 nitrogen and oxygen atoms in total. The van der Waals surface area contributed by atoms with Gasteiger partial charge in [-0.25, -0.2) is 0 Å². The number of carbonyl (C=O) groups excluding carboxylic acids is 3. The molecular weight excluding hydrogens is 608 g/mol. The van der Waals surface area contributed by atoms with E-state index in [1.54, 1.807) is 20.8 Å². The normalized spacial score (nSPS) is 13.2. The molecule has 0 radical (unpaired) electrons. The third kappa shape index (κ3) is 17.6. The maximum atomic E-state index is 11.6. The van der Waals surface area contributed by atoms with E-state index in [-0.39, 0.29) is 68.1 Å². The maximum absolute atomic E-state index is 11.6. The van der Waals surface area contributed by atoms with E-state index in [1.807, 2.05) is 112 Å². The highest BCUT2D eigenvalue weighted by Crippen LogP contribution is 2.15. The van der Waals surface area contributed by atoms with Crippen LogP contribution < -0.4 is 0 Å². The van der Waals surface area contributed by atoms with Crippen molar-refractivity contribution >= 4 is 17.9 Å². The van der Waals surface area contributed by atoms with Gasteiger partial charge in [0.25, 0.3) is 0 Å². The van der Waals surface area contributed by atoms with Crippen molar-refractivity contribution in [3.05, 3.63) is 120 Å². The zero-order chi connectivity index (χ0) is 35.2. The predicted molar refractivity (Wildman–Crippen MR) is 190 cm³/mol. The van der Waals surface area contributed by atoms with Gasteiger partial charge in [0, 0.05) is 13.2 Å². The number of aliphatic hydroxyl groups excluding tert-OH is 2. The van der Waals surface area contributed by atoms with Crippen LogP contribution in [0.1, 0.15) is 65.7 Å². The lowest BCUT2D eigenvalue weighted by atomic mass is 9.97. The second-order valence-electron chi connectivity index (χ2n) is 11.7. The number of esters is 3. The Balaban J connectivity index is 0.000000684. The molecular formula is C40H56O8. The molecule has 48 heavy (non-hydrogen) atoms. The van der Waals surface area contributed by atoms with Crippen LogP contribution in [0, 0.1) is 29.6 Å². The molecule has 0 aliphatic heterocycles. The van der Waals surface area contributed by atoms with Gasteiger partial charge < -0.3 is 24.4 Å². The van der Waals surface area contributed by atoms with Gasteiger partial charge in [0.05, 0.1) is 17.8 Å². The fourth-order valence-electron chi connectivity index (χ4n) is 3.56. The summed E-state index contributed by atoms with van der Waals surface area (Å²) in [4.78, 5) is 34.6. The molecule has 0 aliphatic carbocycles. The van der Waals surface area contributed by atoms with Crippen LogP contribution in [-0.4, -0.2) is 41.3 Å². The molecule has 0 fully saturated rings. The Morgan fingerprint density at radius 2 is 0.833 bits per heavy atom. The Morgan fingerprint density at radius 3 is 1.08 bits per heavy atom. The van der Waals surface area contributed by atoms with Crippen molar-refractivity contribution in [1.29, 1.82) is 0 Å². The van der Waals surface area contributed by atoms with Crippen LogP contribution in [0.4, 0.5) is 0 Å². The summed E-state index contributed by atoms with van der Waals surface area (Å²) in [6.07, 6.45) is 0. The molecule has 0 saturated carbocycles. The van der Waals surface area contributed by atoms with Crippen molar-refractivity contribution in [3.63, 3.8) is 0 Å². The quantitative estimate of drug-likeness (QED) is 0.103. The molecule has 264 valence electrons. The monoisotopic (exact) mass is 664 g/mol. The van der Waals surface area contributed by atoms with Crippen LogP contribution in [0.3, 0.4) is 0 Å². The van der Waals surface area contributed by atoms with Gasteiger partial charge >= 0.3 is 17.9 Å². The average Bonchev–Trinajstić information content (AvgIpc) is 3.11. The molecule has 3 aromatic carbocycles. The van der Waals surface area contributed by atoms with Crippen molar-refractivity contribution < 1.29 is 38.8 Å². The number of benzene rings is 3. The van der Waals surface area contributed by atoms with Gasteiger partial charge in [0.15, 0.2) is 0 Å². The first-order valence-corrected chi connectivity index (χ1v) is 15.9. The van der Waals surface area contributed by atoms with Gasteiger partial charge in [0.2, 0.25) is 0 Å². The lowest BCUT2D eigenvalue weighted by Gasteiger charge is -2.16. The topological polar surface area (TPSA) is 119 Å². The van der Waals surface area contributed by atoms with Crippen molar-refractivity contribution in [2.24, 2.45) is 29.6 Å². The molecule has 0 heterocycles. The molecule has 3 aromatic rings. The van der Waals surface area contributed by atoms with Crippen LogP contribution >= 0.6 is 0 Å². The summed E-state index contributed by atoms with van der Waals surface area (Å²) < 4.78 is 15.5. The lowest BCUT2D eigenvalue weighted by Crippen LogP contribution is -2.23. The molecule has 0 unspecified atom stereocenters. The van der Waals surface area contributed by atoms with Gasteiger partial charge in [-0.2, -0.15) is 0 Å². The molecule has 0 saturated heterocycles. The largest absolute Gasteiger partial charge is 0.461 e. The van der Waals surface area contributed by atoms with E-state index in [1.165, 1.54) is 0 Å². The van der Waals surface area contributed by atoms with Crippen LogP contribution in [0.5, 0.6) is 0 Å². The standard InChI is InChI=1S/2C13H18O3.C13H16O2.CH4/c2*1-10(8-14)11(2)13(15)16-9-12-6-4-3-5-7-12;1-10(2)11(3)13(14)15-9-12-7-5-4-6-8-12;/h2*3-7,10-11,14H,8-9H2,1-2H3;4-8,11H,1,9H2,2-3H3;1H4/t10-,11+;10-,11-;11-;/m100./s1. The summed E-state index contributed by atoms with van der Waals surface area (Å²) in [5.41, 5.74) is 3.77. The summed E-state index contributed by atoms with van der Waals surface area (Å²) >= 11 is 0. The third-order valence-corrected chi connectivity index (χ3v) is 7.79. The SMILES string of the molecule is C.C=C(C)[C@H](C)C(=O)OCc1ccccc1.C[C@H](C(=O)OCc1ccccc1)[C@@H](C)CO.C[C@H](CO)[C@H](C)C(=O)OCc1ccccc1. The zero-order valence-corrected chi connectivity index (χ0v) is 28.6. The molecule has 0 bridgehead atoms. The van der Waals surface area contributed by atoms with Gasteiger partial charge in [-0.3, -0.25) is 14.4 Å². The van der Waals surface area contributed by atoms with Crippen molar-refractivity contribution in [3.8, 4) is 0 Å². The van der Waals surface area contributed by atoms with E-state index >= 15 is 0 Å². The van der Waals surface area contributed by atoms with Crippen LogP contribution in [0.2, 0.25) is 0 Å². The molecule has 3 rings (SSSR count). The fourth-order valence-corrected chi connectivity index (χ4v) is 3.56. The predicted octanol–water partition coefficient (Wildman–Crippen LogP) is 7.57. The number of ether oxygens (including phenoxy) is 3. The van der Waals surface area contributed by atoms with E-state index in [2.05, 4.69) is 6.58 Å². The first-order chi connectivity index (χ1) is 22.4. The second kappa shape index (κ2) is 24.8. The number of hydrogen-bond acceptors (Lipinski definition) is 8. The first kappa shape index (κ1) is 43.7. The summed E-state index contributed by atoms with van der Waals surface area (Å²) in [6, 6.07) is 28.7. The zero-order valence-electron chi connectivity index (χ0n) is 28.6. The minimum atomic E-state index is -0.270. The summed E-state index contributed by atoms with van der Waals surface area (Å²) in [5.74, 6) is -1.63. The van der Waals surface area contributed by atoms with Crippen LogP contribution in [-0.2, 0) is 48.4 Å². The van der Waals surface area contributed by atoms with Gasteiger partial charge in [0.1, 0.15) is 19.8 Å². The van der Waals surface area contributed by atoms with Crippen molar-refractivity contribution in [2.45, 2.75) is 68.8 Å². The van der Waals surface area contributed by atoms with E-state index in [9.17, 15) is 14.4 Å². The Morgan fingerprint density at radius 1 is 0.562 bits per heavy atom. The van der Waals surface area contributed by atoms with Crippen molar-refractivity contribution in [2.75, 3.05) is 13.2 Å². The highest BCUT2D eigenvalue weighted by Gasteiger charge is 2.21. The Bertz CT molecular complexity index is 1240. The first-order valence-electron chi connectivity index (χ1n) is 15.9. The van der Waals surface area contributed by atoms with Gasteiger partial charge in [-0.15, -0.1) is 0 Å². The van der Waals surface area contributed by atoms with Gasteiger partial charge in [-0.1, -0.05) is 138 Å². The van der Waals surface area contributed by atoms with Crippen LogP contribution in [0.25, 0.3) is 0 Å². The summed E-state index contributed by atoms with van der Waals surface area (Å²) in [5, 5.41) is 17.9. The lowest BCUT2D eigenvalue weighted by molar-refractivity contribution is -0.152. The molecule has 5 atom stereocenters. The number of carbonyl (C=O) groups is 3. The smallest absolute Gasteiger partial charge is 0.313 e. The number of aliphatic hydroxyl groups is 2. The van der Waals surface area contributed by atoms with Gasteiger partial charge in [-0.05, 0) is 42.4 Å². The molecule has 0 spiro atoms. The van der Waals surface area contributed by atoms with E-state index in [4.69, 9.17) is 24.4 Å². The Kier molecular flexibility index (Phi) is 22.6. The number of hydrogen-bond donors (Lipinski definition) is 2. The molecule has 2 N–H and O–H groups in total. The molecule has 8 heteroatoms. The minimum Gasteiger partial charge on any atom is -0.461 e. The van der Waals surface area contributed by atoms with Crippen molar-refractivity contribution in [1.82, 2.24) is 0 Å². The second-order valence-corrected chi connectivity index (χ2v) is 11.7. The fraction of sp³-hybridized carbons (Fsp3) is 0.425. The third-order valence-electron chi connectivity index (χ3n) is 7.79. The average molecular weight is 665 g/mol. The highest BCUT2D eigenvalue weighted by atomic mass is 16.5. The maximum Gasteiger partial charge on any atom is 0.313 e. The minimum absolute atomic E-state index is 0. The molecule has 0 aromatic heterocycles.